The van der Waals surface area contributed by atoms with Gasteiger partial charge >= 0.3 is 6.09 Å². The number of hydrogen-bond acceptors (Lipinski definition) is 5. The Bertz CT molecular complexity index is 553. The van der Waals surface area contributed by atoms with Crippen molar-refractivity contribution >= 4 is 22.1 Å². The van der Waals surface area contributed by atoms with Gasteiger partial charge in [0.1, 0.15) is 5.60 Å². The molecule has 148 valence electrons. The van der Waals surface area contributed by atoms with E-state index in [2.05, 4.69) is 25.7 Å². The van der Waals surface area contributed by atoms with Crippen LogP contribution in [0.15, 0.2) is 4.99 Å². The molecular weight excluding hydrogens is 346 g/mol. The lowest BCUT2D eigenvalue weighted by Crippen LogP contribution is -2.53. The van der Waals surface area contributed by atoms with Gasteiger partial charge in [0, 0.05) is 32.2 Å². The van der Waals surface area contributed by atoms with Crippen molar-refractivity contribution < 1.29 is 17.9 Å². The van der Waals surface area contributed by atoms with Crippen LogP contribution in [0.25, 0.3) is 0 Å². The number of sulfonamides is 1. The summed E-state index contributed by atoms with van der Waals surface area (Å²) in [5, 5.41) is 8.83. The molecule has 0 aliphatic rings. The van der Waals surface area contributed by atoms with Gasteiger partial charge < -0.3 is 20.7 Å². The molecule has 25 heavy (non-hydrogen) atoms. The van der Waals surface area contributed by atoms with Crippen LogP contribution in [0.5, 0.6) is 0 Å². The summed E-state index contributed by atoms with van der Waals surface area (Å²) < 4.78 is 30.3. The van der Waals surface area contributed by atoms with E-state index in [-0.39, 0.29) is 0 Å². The first-order valence-electron chi connectivity index (χ1n) is 8.14. The number of amides is 1. The molecule has 0 fully saturated rings. The zero-order valence-electron chi connectivity index (χ0n) is 16.3. The molecule has 0 spiro atoms. The summed E-state index contributed by atoms with van der Waals surface area (Å²) in [6, 6.07) is 0. The van der Waals surface area contributed by atoms with Gasteiger partial charge in [0.05, 0.1) is 6.26 Å². The third-order valence-corrected chi connectivity index (χ3v) is 3.62. The molecule has 0 heterocycles. The van der Waals surface area contributed by atoms with Crippen LogP contribution in [0.2, 0.25) is 0 Å². The third kappa shape index (κ3) is 14.5. The standard InChI is InChI=1S/C15H33N5O4S/c1-14(2,3)24-13(21)18-10-8-9-17-12(16-6)19-11-15(4,5)20-25(7,22)23/h20H,8-11H2,1-7H3,(H,18,21)(H2,16,17,19). The molecule has 10 heteroatoms. The summed E-state index contributed by atoms with van der Waals surface area (Å²) in [5.74, 6) is 0.556. The molecule has 0 aromatic rings. The molecule has 1 amide bonds. The normalized spacial score (nSPS) is 13.3. The quantitative estimate of drug-likeness (QED) is 0.275. The molecular formula is C15H33N5O4S. The van der Waals surface area contributed by atoms with Gasteiger partial charge in [0.2, 0.25) is 10.0 Å². The van der Waals surface area contributed by atoms with Crippen molar-refractivity contribution in [3.63, 3.8) is 0 Å². The lowest BCUT2D eigenvalue weighted by Gasteiger charge is -2.26. The highest BCUT2D eigenvalue weighted by molar-refractivity contribution is 7.88. The van der Waals surface area contributed by atoms with Crippen molar-refractivity contribution in [2.75, 3.05) is 32.9 Å². The molecule has 0 aliphatic carbocycles. The van der Waals surface area contributed by atoms with Crippen LogP contribution in [0, 0.1) is 0 Å². The Hall–Kier alpha value is -1.55. The molecule has 0 unspecified atom stereocenters. The molecule has 0 atom stereocenters. The molecule has 4 N–H and O–H groups in total. The third-order valence-electron chi connectivity index (χ3n) is 2.70. The first-order chi connectivity index (χ1) is 11.2. The Kier molecular flexibility index (Phi) is 9.20. The first kappa shape index (κ1) is 23.4. The van der Waals surface area contributed by atoms with Gasteiger partial charge in [-0.1, -0.05) is 0 Å². The van der Waals surface area contributed by atoms with Crippen molar-refractivity contribution in [1.29, 1.82) is 0 Å². The second-order valence-corrected chi connectivity index (χ2v) is 9.14. The predicted molar refractivity (Wildman–Crippen MR) is 100 cm³/mol. The van der Waals surface area contributed by atoms with E-state index in [1.54, 1.807) is 20.9 Å². The average Bonchev–Trinajstić information content (AvgIpc) is 2.37. The minimum Gasteiger partial charge on any atom is -0.444 e. The van der Waals surface area contributed by atoms with E-state index in [0.717, 1.165) is 6.26 Å². The number of ether oxygens (including phenoxy) is 1. The monoisotopic (exact) mass is 379 g/mol. The summed E-state index contributed by atoms with van der Waals surface area (Å²) in [7, 11) is -1.65. The largest absolute Gasteiger partial charge is 0.444 e. The number of rotatable bonds is 8. The summed E-state index contributed by atoms with van der Waals surface area (Å²) in [6.45, 7) is 10.4. The van der Waals surface area contributed by atoms with E-state index in [1.165, 1.54) is 0 Å². The Balaban J connectivity index is 4.07. The van der Waals surface area contributed by atoms with E-state index < -0.39 is 27.3 Å². The summed E-state index contributed by atoms with van der Waals surface area (Å²) in [4.78, 5) is 15.6. The van der Waals surface area contributed by atoms with Gasteiger partial charge in [0.25, 0.3) is 0 Å². The van der Waals surface area contributed by atoms with Crippen molar-refractivity contribution in [2.45, 2.75) is 52.2 Å². The smallest absolute Gasteiger partial charge is 0.407 e. The maximum absolute atomic E-state index is 11.5. The van der Waals surface area contributed by atoms with Gasteiger partial charge in [-0.05, 0) is 41.0 Å². The van der Waals surface area contributed by atoms with Crippen LogP contribution >= 0.6 is 0 Å². The van der Waals surface area contributed by atoms with Crippen molar-refractivity contribution in [1.82, 2.24) is 20.7 Å². The van der Waals surface area contributed by atoms with Gasteiger partial charge in [-0.15, -0.1) is 0 Å². The second-order valence-electron chi connectivity index (χ2n) is 7.39. The SMILES string of the molecule is CN=C(NCCCNC(=O)OC(C)(C)C)NCC(C)(C)NS(C)(=O)=O. The fraction of sp³-hybridized carbons (Fsp3) is 0.867. The molecule has 0 radical (unpaired) electrons. The predicted octanol–water partition coefficient (Wildman–Crippen LogP) is 0.394. The highest BCUT2D eigenvalue weighted by Gasteiger charge is 2.22. The Morgan fingerprint density at radius 2 is 1.60 bits per heavy atom. The summed E-state index contributed by atoms with van der Waals surface area (Å²) in [5.41, 5.74) is -1.16. The molecule has 0 aromatic carbocycles. The van der Waals surface area contributed by atoms with Crippen LogP contribution < -0.4 is 20.7 Å². The summed E-state index contributed by atoms with van der Waals surface area (Å²) >= 11 is 0. The Labute approximate surface area is 151 Å². The fourth-order valence-electron chi connectivity index (χ4n) is 1.86. The van der Waals surface area contributed by atoms with Gasteiger partial charge in [-0.25, -0.2) is 17.9 Å². The van der Waals surface area contributed by atoms with Crippen LogP contribution in [0.3, 0.4) is 0 Å². The number of alkyl carbamates (subject to hydrolysis) is 1. The number of carbonyl (C=O) groups excluding carboxylic acids is 1. The van der Waals surface area contributed by atoms with E-state index in [4.69, 9.17) is 4.74 Å². The zero-order chi connectivity index (χ0) is 19.7. The minimum absolute atomic E-state index is 0.371. The number of aliphatic imine (C=N–C) groups is 1. The molecule has 0 saturated carbocycles. The van der Waals surface area contributed by atoms with Gasteiger partial charge in [-0.2, -0.15) is 0 Å². The van der Waals surface area contributed by atoms with Crippen LogP contribution in [0.1, 0.15) is 41.0 Å². The lowest BCUT2D eigenvalue weighted by molar-refractivity contribution is 0.0527. The topological polar surface area (TPSA) is 121 Å². The number of hydrogen-bond donors (Lipinski definition) is 4. The van der Waals surface area contributed by atoms with Crippen molar-refractivity contribution in [3.8, 4) is 0 Å². The highest BCUT2D eigenvalue weighted by Crippen LogP contribution is 2.06. The molecule has 0 aromatic heterocycles. The molecule has 0 saturated heterocycles. The second kappa shape index (κ2) is 9.81. The first-order valence-corrected chi connectivity index (χ1v) is 10.0. The molecule has 0 aliphatic heterocycles. The molecule has 9 nitrogen and oxygen atoms in total. The van der Waals surface area contributed by atoms with E-state index in [1.807, 2.05) is 20.8 Å². The van der Waals surface area contributed by atoms with Crippen LogP contribution in [-0.4, -0.2) is 64.5 Å². The Morgan fingerprint density at radius 3 is 2.08 bits per heavy atom. The Morgan fingerprint density at radius 1 is 1.04 bits per heavy atom. The highest BCUT2D eigenvalue weighted by atomic mass is 32.2. The van der Waals surface area contributed by atoms with Crippen LogP contribution in [-0.2, 0) is 14.8 Å². The lowest BCUT2D eigenvalue weighted by atomic mass is 10.1. The fourth-order valence-corrected chi connectivity index (χ4v) is 2.94. The maximum Gasteiger partial charge on any atom is 0.407 e. The number of nitrogens with zero attached hydrogens (tertiary/aromatic N) is 1. The average molecular weight is 380 g/mol. The minimum atomic E-state index is -3.28. The van der Waals surface area contributed by atoms with Crippen molar-refractivity contribution in [2.24, 2.45) is 4.99 Å². The summed E-state index contributed by atoms with van der Waals surface area (Å²) in [6.07, 6.45) is 1.37. The van der Waals surface area contributed by atoms with E-state index in [0.29, 0.717) is 32.0 Å². The number of guanidine groups is 1. The van der Waals surface area contributed by atoms with Crippen molar-refractivity contribution in [3.05, 3.63) is 0 Å². The zero-order valence-corrected chi connectivity index (χ0v) is 17.1. The van der Waals surface area contributed by atoms with Gasteiger partial charge in [-0.3, -0.25) is 4.99 Å². The number of nitrogens with one attached hydrogen (secondary N) is 4. The number of carbonyl (C=O) groups is 1. The molecule has 0 bridgehead atoms. The van der Waals surface area contributed by atoms with E-state index in [9.17, 15) is 13.2 Å². The maximum atomic E-state index is 11.5. The molecule has 0 rings (SSSR count). The van der Waals surface area contributed by atoms with Crippen LogP contribution in [0.4, 0.5) is 4.79 Å². The van der Waals surface area contributed by atoms with E-state index >= 15 is 0 Å². The van der Waals surface area contributed by atoms with Gasteiger partial charge in [0.15, 0.2) is 5.96 Å².